The number of benzene rings is 3. The largest absolute Gasteiger partial charge is 0.416 e. The topological polar surface area (TPSA) is 115 Å². The lowest BCUT2D eigenvalue weighted by Crippen LogP contribution is -2.49. The second kappa shape index (κ2) is 14.8. The van der Waals surface area contributed by atoms with Gasteiger partial charge in [0, 0.05) is 31.8 Å². The highest BCUT2D eigenvalue weighted by molar-refractivity contribution is 5.98. The predicted octanol–water partition coefficient (Wildman–Crippen LogP) is 4.72. The van der Waals surface area contributed by atoms with Crippen molar-refractivity contribution < 1.29 is 27.9 Å². The quantitative estimate of drug-likeness (QED) is 0.183. The van der Waals surface area contributed by atoms with Crippen molar-refractivity contribution in [1.29, 1.82) is 0 Å². The van der Waals surface area contributed by atoms with Crippen LogP contribution in [0.4, 0.5) is 13.2 Å². The van der Waals surface area contributed by atoms with Crippen LogP contribution in [0.15, 0.2) is 102 Å². The first kappa shape index (κ1) is 33.2. The molecule has 0 spiro atoms. The molecule has 4 aromatic rings. The molecule has 2 amide bonds. The van der Waals surface area contributed by atoms with Gasteiger partial charge in [0.25, 0.3) is 11.8 Å². The van der Waals surface area contributed by atoms with Crippen LogP contribution in [-0.4, -0.2) is 52.5 Å². The molecule has 0 saturated carbocycles. The Balaban J connectivity index is 1.48. The van der Waals surface area contributed by atoms with E-state index in [2.05, 4.69) is 15.6 Å². The Bertz CT molecular complexity index is 1640. The molecule has 236 valence electrons. The van der Waals surface area contributed by atoms with Gasteiger partial charge in [-0.05, 0) is 42.2 Å². The van der Waals surface area contributed by atoms with Crippen LogP contribution >= 0.6 is 0 Å². The second-order valence-corrected chi connectivity index (χ2v) is 10.8. The zero-order valence-electron chi connectivity index (χ0n) is 24.8. The number of aromatic amines is 1. The Morgan fingerprint density at radius 1 is 0.911 bits per heavy atom. The van der Waals surface area contributed by atoms with Crippen molar-refractivity contribution >= 4 is 11.8 Å². The molecule has 0 aliphatic rings. The fourth-order valence-electron chi connectivity index (χ4n) is 4.89. The predicted molar refractivity (Wildman–Crippen MR) is 165 cm³/mol. The number of carbonyl (C=O) groups excluding carboxylic acids is 2. The summed E-state index contributed by atoms with van der Waals surface area (Å²) in [6.07, 6.45) is -5.41. The van der Waals surface area contributed by atoms with E-state index < -0.39 is 41.3 Å². The summed E-state index contributed by atoms with van der Waals surface area (Å²) in [5.74, 6) is -1.16. The standard InChI is InChI=1S/C34H35F3N4O4/c1-22(25-13-7-4-8-14-25)41(2)33(45)26-18-29(39-31(43)19-26)32(44)40-28(17-23-10-5-3-6-11-23)30(42)21-38-20-24-12-9-15-27(16-24)34(35,36)37/h3-16,18-19,22,28,30,38,42H,17,20-21H2,1-2H3,(H,39,43)(H,40,44)/t22-,28+,30-/m1/s1. The molecule has 11 heteroatoms. The van der Waals surface area contributed by atoms with E-state index in [9.17, 15) is 32.7 Å². The average molecular weight is 621 g/mol. The number of aliphatic hydroxyl groups is 1. The summed E-state index contributed by atoms with van der Waals surface area (Å²) in [5, 5.41) is 16.8. The van der Waals surface area contributed by atoms with E-state index in [1.807, 2.05) is 67.6 Å². The van der Waals surface area contributed by atoms with Gasteiger partial charge in [-0.3, -0.25) is 14.4 Å². The first-order valence-electron chi connectivity index (χ1n) is 14.4. The van der Waals surface area contributed by atoms with Crippen molar-refractivity contribution in [2.45, 2.75) is 44.3 Å². The summed E-state index contributed by atoms with van der Waals surface area (Å²) in [6, 6.07) is 24.6. The van der Waals surface area contributed by atoms with Crippen molar-refractivity contribution in [2.75, 3.05) is 13.6 Å². The van der Waals surface area contributed by atoms with Crippen LogP contribution in [0.1, 0.15) is 56.1 Å². The molecule has 0 saturated heterocycles. The van der Waals surface area contributed by atoms with Crippen LogP contribution in [0.3, 0.4) is 0 Å². The lowest BCUT2D eigenvalue weighted by Gasteiger charge is -2.26. The van der Waals surface area contributed by atoms with Gasteiger partial charge >= 0.3 is 6.18 Å². The van der Waals surface area contributed by atoms with E-state index in [0.29, 0.717) is 5.56 Å². The molecular formula is C34H35F3N4O4. The molecule has 0 unspecified atom stereocenters. The Morgan fingerprint density at radius 3 is 2.22 bits per heavy atom. The molecule has 0 bridgehead atoms. The van der Waals surface area contributed by atoms with Gasteiger partial charge in [0.15, 0.2) is 0 Å². The van der Waals surface area contributed by atoms with Crippen LogP contribution in [0.2, 0.25) is 0 Å². The number of nitrogens with zero attached hydrogens (tertiary/aromatic N) is 1. The Kier molecular flexibility index (Phi) is 10.9. The Morgan fingerprint density at radius 2 is 1.56 bits per heavy atom. The van der Waals surface area contributed by atoms with Crippen LogP contribution in [0.25, 0.3) is 0 Å². The Hall–Kier alpha value is -4.74. The smallest absolute Gasteiger partial charge is 0.390 e. The number of pyridine rings is 1. The minimum atomic E-state index is -4.47. The summed E-state index contributed by atoms with van der Waals surface area (Å²) in [7, 11) is 1.61. The number of halogens is 3. The number of aliphatic hydroxyl groups excluding tert-OH is 1. The van der Waals surface area contributed by atoms with Crippen molar-refractivity contribution in [3.05, 3.63) is 141 Å². The van der Waals surface area contributed by atoms with E-state index in [1.54, 1.807) is 13.1 Å². The van der Waals surface area contributed by atoms with E-state index in [1.165, 1.54) is 17.0 Å². The fraction of sp³-hybridized carbons (Fsp3) is 0.265. The Labute approximate surface area is 258 Å². The highest BCUT2D eigenvalue weighted by Crippen LogP contribution is 2.29. The van der Waals surface area contributed by atoms with Gasteiger partial charge in [-0.15, -0.1) is 0 Å². The van der Waals surface area contributed by atoms with Gasteiger partial charge in [-0.1, -0.05) is 78.9 Å². The molecule has 4 N–H and O–H groups in total. The van der Waals surface area contributed by atoms with Crippen LogP contribution in [0, 0.1) is 0 Å². The molecule has 8 nitrogen and oxygen atoms in total. The maximum Gasteiger partial charge on any atom is 0.416 e. The zero-order valence-corrected chi connectivity index (χ0v) is 24.8. The average Bonchev–Trinajstić information content (AvgIpc) is 3.03. The number of carbonyl (C=O) groups is 2. The SMILES string of the molecule is C[C@H](c1ccccc1)N(C)C(=O)c1cc(C(=O)N[C@@H](Cc2ccccc2)[C@H](O)CNCc2cccc(C(F)(F)F)c2)[nH]c(=O)c1. The van der Waals surface area contributed by atoms with Crippen molar-refractivity contribution in [2.24, 2.45) is 0 Å². The van der Waals surface area contributed by atoms with Gasteiger partial charge in [0.1, 0.15) is 5.69 Å². The van der Waals surface area contributed by atoms with E-state index >= 15 is 0 Å². The number of nitrogens with one attached hydrogen (secondary N) is 3. The number of hydrogen-bond acceptors (Lipinski definition) is 5. The molecule has 1 aromatic heterocycles. The minimum Gasteiger partial charge on any atom is -0.390 e. The molecule has 3 aromatic carbocycles. The van der Waals surface area contributed by atoms with E-state index in [-0.39, 0.29) is 36.8 Å². The first-order valence-corrected chi connectivity index (χ1v) is 14.4. The fourth-order valence-corrected chi connectivity index (χ4v) is 4.89. The molecule has 4 rings (SSSR count). The number of hydrogen-bond donors (Lipinski definition) is 4. The third-order valence-electron chi connectivity index (χ3n) is 7.54. The summed E-state index contributed by atoms with van der Waals surface area (Å²) in [6.45, 7) is 1.86. The van der Waals surface area contributed by atoms with E-state index in [4.69, 9.17) is 0 Å². The van der Waals surface area contributed by atoms with Gasteiger partial charge < -0.3 is 25.6 Å². The first-order chi connectivity index (χ1) is 21.4. The summed E-state index contributed by atoms with van der Waals surface area (Å²) < 4.78 is 39.3. The molecule has 0 fully saturated rings. The van der Waals surface area contributed by atoms with Gasteiger partial charge in [-0.25, -0.2) is 0 Å². The van der Waals surface area contributed by atoms with E-state index in [0.717, 1.165) is 29.3 Å². The zero-order chi connectivity index (χ0) is 32.6. The lowest BCUT2D eigenvalue weighted by atomic mass is 10.0. The normalized spacial score (nSPS) is 13.5. The molecule has 0 radical (unpaired) electrons. The molecule has 0 aliphatic heterocycles. The van der Waals surface area contributed by atoms with Crippen molar-refractivity contribution in [3.8, 4) is 0 Å². The third kappa shape index (κ3) is 9.13. The van der Waals surface area contributed by atoms with Crippen molar-refractivity contribution in [3.63, 3.8) is 0 Å². The summed E-state index contributed by atoms with van der Waals surface area (Å²) in [5.41, 5.74) is 0.545. The van der Waals surface area contributed by atoms with Crippen molar-refractivity contribution in [1.82, 2.24) is 20.5 Å². The highest BCUT2D eigenvalue weighted by atomic mass is 19.4. The third-order valence-corrected chi connectivity index (χ3v) is 7.54. The summed E-state index contributed by atoms with van der Waals surface area (Å²) in [4.78, 5) is 43.1. The maximum absolute atomic E-state index is 13.4. The monoisotopic (exact) mass is 620 g/mol. The van der Waals surface area contributed by atoms with Gasteiger partial charge in [0.05, 0.1) is 23.8 Å². The highest BCUT2D eigenvalue weighted by Gasteiger charge is 2.30. The molecule has 1 heterocycles. The molecule has 45 heavy (non-hydrogen) atoms. The number of H-pyrrole nitrogens is 1. The van der Waals surface area contributed by atoms with Gasteiger partial charge in [0.2, 0.25) is 5.56 Å². The maximum atomic E-state index is 13.4. The number of amides is 2. The van der Waals surface area contributed by atoms with Gasteiger partial charge in [-0.2, -0.15) is 13.2 Å². The lowest BCUT2D eigenvalue weighted by molar-refractivity contribution is -0.137. The number of aromatic nitrogens is 1. The van der Waals surface area contributed by atoms with Crippen LogP contribution < -0.4 is 16.2 Å². The number of rotatable bonds is 12. The molecular weight excluding hydrogens is 585 g/mol. The second-order valence-electron chi connectivity index (χ2n) is 10.8. The van der Waals surface area contributed by atoms with Crippen LogP contribution in [-0.2, 0) is 19.1 Å². The summed E-state index contributed by atoms with van der Waals surface area (Å²) >= 11 is 0. The van der Waals surface area contributed by atoms with Crippen LogP contribution in [0.5, 0.6) is 0 Å². The molecule has 3 atom stereocenters. The number of alkyl halides is 3. The minimum absolute atomic E-state index is 0.0251. The molecule has 0 aliphatic carbocycles.